The van der Waals surface area contributed by atoms with Crippen LogP contribution in [0.3, 0.4) is 0 Å². The molecular weight excluding hydrogens is 224 g/mol. The van der Waals surface area contributed by atoms with Crippen molar-refractivity contribution in [1.82, 2.24) is 0 Å². The maximum absolute atomic E-state index is 6.47. The second-order valence-electron chi connectivity index (χ2n) is 4.70. The highest BCUT2D eigenvalue weighted by Gasteiger charge is 2.31. The van der Waals surface area contributed by atoms with Crippen molar-refractivity contribution in [2.45, 2.75) is 58.7 Å². The summed E-state index contributed by atoms with van der Waals surface area (Å²) in [6, 6.07) is 12.2. The minimum Gasteiger partial charge on any atom is -0.543 e. The van der Waals surface area contributed by atoms with Gasteiger partial charge in [-0.2, -0.15) is 0 Å². The van der Waals surface area contributed by atoms with Gasteiger partial charge >= 0.3 is 0 Å². The third-order valence-electron chi connectivity index (χ3n) is 3.75. The van der Waals surface area contributed by atoms with Crippen molar-refractivity contribution in [1.29, 1.82) is 0 Å². The van der Waals surface area contributed by atoms with Crippen molar-refractivity contribution in [2.75, 3.05) is 0 Å². The summed E-state index contributed by atoms with van der Waals surface area (Å²) in [5, 5.41) is 0. The third kappa shape index (κ3) is 3.60. The summed E-state index contributed by atoms with van der Waals surface area (Å²) in [4.78, 5) is 0. The van der Waals surface area contributed by atoms with Crippen LogP contribution in [0.4, 0.5) is 0 Å². The number of aryl methyl sites for hydroxylation is 1. The molecule has 0 spiro atoms. The van der Waals surface area contributed by atoms with Gasteiger partial charge in [-0.1, -0.05) is 52.3 Å². The zero-order chi connectivity index (χ0) is 12.7. The van der Waals surface area contributed by atoms with Crippen LogP contribution in [0.2, 0.25) is 18.1 Å². The number of hydrogen-bond donors (Lipinski definition) is 0. The minimum absolute atomic E-state index is 1.12. The molecule has 0 aromatic heterocycles. The highest BCUT2D eigenvalue weighted by molar-refractivity contribution is 6.74. The van der Waals surface area contributed by atoms with E-state index in [1.807, 2.05) is 0 Å². The van der Waals surface area contributed by atoms with Gasteiger partial charge in [0.05, 0.1) is 0 Å². The summed E-state index contributed by atoms with van der Waals surface area (Å²) < 4.78 is 6.47. The number of benzene rings is 1. The largest absolute Gasteiger partial charge is 0.543 e. The molecule has 0 N–H and O–H groups in total. The summed E-state index contributed by atoms with van der Waals surface area (Å²) >= 11 is 0. The van der Waals surface area contributed by atoms with Crippen molar-refractivity contribution >= 4 is 8.32 Å². The molecule has 0 aliphatic rings. The van der Waals surface area contributed by atoms with Gasteiger partial charge in [0.1, 0.15) is 5.75 Å². The van der Waals surface area contributed by atoms with Gasteiger partial charge in [0, 0.05) is 0 Å². The predicted octanol–water partition coefficient (Wildman–Crippen LogP) is 5.02. The summed E-state index contributed by atoms with van der Waals surface area (Å²) in [7, 11) is -1.52. The van der Waals surface area contributed by atoms with E-state index in [4.69, 9.17) is 4.43 Å². The second-order valence-corrected chi connectivity index (χ2v) is 9.39. The number of hydrogen-bond acceptors (Lipinski definition) is 1. The van der Waals surface area contributed by atoms with Crippen LogP contribution in [0.5, 0.6) is 5.75 Å². The van der Waals surface area contributed by atoms with E-state index in [1.54, 1.807) is 0 Å². The summed E-state index contributed by atoms with van der Waals surface area (Å²) in [6.45, 7) is 9.06. The van der Waals surface area contributed by atoms with Crippen LogP contribution in [0, 0.1) is 0 Å². The van der Waals surface area contributed by atoms with E-state index >= 15 is 0 Å². The molecule has 0 aliphatic carbocycles. The number of para-hydroxylation sites is 1. The van der Waals surface area contributed by atoms with Crippen molar-refractivity contribution in [3.05, 3.63) is 29.8 Å². The van der Waals surface area contributed by atoms with E-state index < -0.39 is 8.32 Å². The molecule has 1 aromatic carbocycles. The van der Waals surface area contributed by atoms with Crippen LogP contribution in [0.15, 0.2) is 24.3 Å². The van der Waals surface area contributed by atoms with E-state index in [-0.39, 0.29) is 0 Å². The highest BCUT2D eigenvalue weighted by atomic mass is 28.4. The standard InChI is InChI=1S/C15H26OSi/c1-5-11-14-12-9-10-13-15(14)16-17(6-2,7-3)8-4/h9-10,12-13H,5-8,11H2,1-4H3. The molecule has 0 aliphatic heterocycles. The highest BCUT2D eigenvalue weighted by Crippen LogP contribution is 2.28. The Morgan fingerprint density at radius 2 is 1.53 bits per heavy atom. The van der Waals surface area contributed by atoms with E-state index in [2.05, 4.69) is 52.0 Å². The first kappa shape index (κ1) is 14.3. The zero-order valence-corrected chi connectivity index (χ0v) is 12.8. The van der Waals surface area contributed by atoms with Crippen LogP contribution in [0.1, 0.15) is 39.7 Å². The third-order valence-corrected chi connectivity index (χ3v) is 8.27. The smallest absolute Gasteiger partial charge is 0.250 e. The fraction of sp³-hybridized carbons (Fsp3) is 0.600. The first-order valence-electron chi connectivity index (χ1n) is 6.98. The lowest BCUT2D eigenvalue weighted by Crippen LogP contribution is -2.39. The lowest BCUT2D eigenvalue weighted by atomic mass is 10.1. The topological polar surface area (TPSA) is 9.23 Å². The molecule has 0 heterocycles. The Morgan fingerprint density at radius 3 is 2.06 bits per heavy atom. The molecule has 0 saturated heterocycles. The molecule has 1 aromatic rings. The molecule has 0 bridgehead atoms. The molecule has 0 unspecified atom stereocenters. The Balaban J connectivity index is 2.92. The summed E-state index contributed by atoms with van der Waals surface area (Å²) in [6.07, 6.45) is 2.30. The molecular formula is C15H26OSi. The van der Waals surface area contributed by atoms with Crippen molar-refractivity contribution in [2.24, 2.45) is 0 Å². The molecule has 0 amide bonds. The normalized spacial score (nSPS) is 11.5. The van der Waals surface area contributed by atoms with Crippen LogP contribution in [-0.2, 0) is 6.42 Å². The molecule has 2 heteroatoms. The molecule has 96 valence electrons. The van der Waals surface area contributed by atoms with E-state index in [1.165, 1.54) is 30.1 Å². The molecule has 0 saturated carbocycles. The van der Waals surface area contributed by atoms with Crippen molar-refractivity contribution < 1.29 is 4.43 Å². The summed E-state index contributed by atoms with van der Waals surface area (Å²) in [5.74, 6) is 1.14. The molecule has 0 radical (unpaired) electrons. The first-order valence-corrected chi connectivity index (χ1v) is 9.51. The van der Waals surface area contributed by atoms with Gasteiger partial charge in [-0.3, -0.25) is 0 Å². The Kier molecular flexibility index (Phi) is 5.76. The molecule has 1 rings (SSSR count). The van der Waals surface area contributed by atoms with Gasteiger partial charge < -0.3 is 4.43 Å². The average Bonchev–Trinajstić information content (AvgIpc) is 2.38. The van der Waals surface area contributed by atoms with Crippen molar-refractivity contribution in [3.8, 4) is 5.75 Å². The average molecular weight is 250 g/mol. The van der Waals surface area contributed by atoms with Gasteiger partial charge in [-0.15, -0.1) is 0 Å². The van der Waals surface area contributed by atoms with E-state index in [0.29, 0.717) is 0 Å². The Bertz CT molecular complexity index is 323. The molecule has 17 heavy (non-hydrogen) atoms. The van der Waals surface area contributed by atoms with Crippen molar-refractivity contribution in [3.63, 3.8) is 0 Å². The fourth-order valence-electron chi connectivity index (χ4n) is 2.28. The maximum Gasteiger partial charge on any atom is 0.250 e. The zero-order valence-electron chi connectivity index (χ0n) is 11.8. The van der Waals surface area contributed by atoms with Crippen LogP contribution < -0.4 is 4.43 Å². The Labute approximate surface area is 107 Å². The molecule has 1 nitrogen and oxygen atoms in total. The Morgan fingerprint density at radius 1 is 0.941 bits per heavy atom. The van der Waals surface area contributed by atoms with Crippen LogP contribution in [0.25, 0.3) is 0 Å². The quantitative estimate of drug-likeness (QED) is 0.617. The van der Waals surface area contributed by atoms with E-state index in [0.717, 1.165) is 12.2 Å². The SMILES string of the molecule is CCCc1ccccc1O[Si](CC)(CC)CC. The maximum atomic E-state index is 6.47. The molecule has 0 fully saturated rings. The Hall–Kier alpha value is -0.763. The summed E-state index contributed by atoms with van der Waals surface area (Å²) in [5.41, 5.74) is 1.38. The van der Waals surface area contributed by atoms with Crippen LogP contribution >= 0.6 is 0 Å². The predicted molar refractivity (Wildman–Crippen MR) is 78.3 cm³/mol. The lowest BCUT2D eigenvalue weighted by molar-refractivity contribution is 0.524. The monoisotopic (exact) mass is 250 g/mol. The second kappa shape index (κ2) is 6.85. The minimum atomic E-state index is -1.52. The first-order chi connectivity index (χ1) is 8.21. The fourth-order valence-corrected chi connectivity index (χ4v) is 4.88. The van der Waals surface area contributed by atoms with Gasteiger partial charge in [-0.05, 0) is 36.2 Å². The van der Waals surface area contributed by atoms with Gasteiger partial charge in [0.2, 0.25) is 8.32 Å². The van der Waals surface area contributed by atoms with Crippen LogP contribution in [-0.4, -0.2) is 8.32 Å². The lowest BCUT2D eigenvalue weighted by Gasteiger charge is -2.30. The van der Waals surface area contributed by atoms with E-state index in [9.17, 15) is 0 Å². The van der Waals surface area contributed by atoms with Gasteiger partial charge in [0.25, 0.3) is 0 Å². The molecule has 0 atom stereocenters. The number of rotatable bonds is 7. The van der Waals surface area contributed by atoms with Gasteiger partial charge in [-0.25, -0.2) is 0 Å². The van der Waals surface area contributed by atoms with Gasteiger partial charge in [0.15, 0.2) is 0 Å².